The maximum absolute atomic E-state index is 12.5. The molecule has 0 aliphatic carbocycles. The average Bonchev–Trinajstić information content (AvgIpc) is 2.22. The molecule has 0 amide bonds. The third-order valence-electron chi connectivity index (χ3n) is 1.91. The standard InChI is InChI=1S/C9H5BrCl3F3O/c1-17-7-4(11)2-3(5(12)6(7)13)8(10)9(14,15)16/h2,8H,1H3. The molecule has 0 aliphatic rings. The summed E-state index contributed by atoms with van der Waals surface area (Å²) in [5.41, 5.74) is -0.255. The molecule has 0 aliphatic heterocycles. The average molecular weight is 372 g/mol. The first kappa shape index (κ1) is 15.2. The van der Waals surface area contributed by atoms with Crippen LogP contribution in [0.3, 0.4) is 0 Å². The van der Waals surface area contributed by atoms with Crippen LogP contribution in [-0.2, 0) is 0 Å². The van der Waals surface area contributed by atoms with E-state index in [0.717, 1.165) is 6.07 Å². The van der Waals surface area contributed by atoms with Gasteiger partial charge in [0, 0.05) is 0 Å². The van der Waals surface area contributed by atoms with Crippen molar-refractivity contribution in [3.05, 3.63) is 26.7 Å². The van der Waals surface area contributed by atoms with E-state index in [-0.39, 0.29) is 26.4 Å². The summed E-state index contributed by atoms with van der Waals surface area (Å²) >= 11 is 19.8. The lowest BCUT2D eigenvalue weighted by molar-refractivity contribution is -0.128. The number of benzene rings is 1. The second-order valence-corrected chi connectivity index (χ2v) is 5.09. The fourth-order valence-corrected chi connectivity index (χ4v) is 2.51. The molecule has 0 bridgehead atoms. The maximum atomic E-state index is 12.5. The van der Waals surface area contributed by atoms with Crippen LogP contribution in [0.15, 0.2) is 6.07 Å². The van der Waals surface area contributed by atoms with Crippen LogP contribution in [-0.4, -0.2) is 13.3 Å². The second-order valence-electron chi connectivity index (χ2n) is 3.01. The summed E-state index contributed by atoms with van der Waals surface area (Å²) in [4.78, 5) is -1.94. The number of halogens is 7. The van der Waals surface area contributed by atoms with E-state index in [1.54, 1.807) is 0 Å². The van der Waals surface area contributed by atoms with E-state index < -0.39 is 11.0 Å². The summed E-state index contributed by atoms with van der Waals surface area (Å²) < 4.78 is 42.4. The zero-order chi connectivity index (χ0) is 13.4. The summed E-state index contributed by atoms with van der Waals surface area (Å²) in [5.74, 6) is 0.0453. The van der Waals surface area contributed by atoms with Crippen molar-refractivity contribution in [1.82, 2.24) is 0 Å². The summed E-state index contributed by atoms with van der Waals surface area (Å²) in [7, 11) is 1.29. The highest BCUT2D eigenvalue weighted by molar-refractivity contribution is 9.09. The van der Waals surface area contributed by atoms with Crippen LogP contribution in [0.5, 0.6) is 5.75 Å². The van der Waals surface area contributed by atoms with E-state index in [4.69, 9.17) is 39.5 Å². The molecular weight excluding hydrogens is 367 g/mol. The summed E-state index contributed by atoms with van der Waals surface area (Å²) in [6.07, 6.45) is -4.50. The molecule has 0 saturated heterocycles. The molecule has 1 nitrogen and oxygen atoms in total. The Morgan fingerprint density at radius 1 is 1.24 bits per heavy atom. The third kappa shape index (κ3) is 3.13. The van der Waals surface area contributed by atoms with E-state index in [2.05, 4.69) is 15.9 Å². The molecule has 1 rings (SSSR count). The summed E-state index contributed by atoms with van der Waals surface area (Å²) in [5, 5.41) is -0.428. The lowest BCUT2D eigenvalue weighted by Crippen LogP contribution is -2.15. The molecule has 0 heterocycles. The Bertz CT molecular complexity index is 436. The number of ether oxygens (including phenoxy) is 1. The van der Waals surface area contributed by atoms with Crippen molar-refractivity contribution in [2.75, 3.05) is 7.11 Å². The van der Waals surface area contributed by atoms with Crippen LogP contribution >= 0.6 is 50.7 Å². The van der Waals surface area contributed by atoms with E-state index in [0.29, 0.717) is 0 Å². The van der Waals surface area contributed by atoms with Gasteiger partial charge in [-0.2, -0.15) is 13.2 Å². The van der Waals surface area contributed by atoms with Crippen LogP contribution in [0.2, 0.25) is 15.1 Å². The quantitative estimate of drug-likeness (QED) is 0.481. The van der Waals surface area contributed by atoms with Crippen LogP contribution in [0.1, 0.15) is 10.4 Å². The van der Waals surface area contributed by atoms with Gasteiger partial charge in [-0.1, -0.05) is 50.7 Å². The minimum atomic E-state index is -4.50. The molecule has 1 aromatic rings. The number of rotatable bonds is 2. The Morgan fingerprint density at radius 2 is 1.76 bits per heavy atom. The topological polar surface area (TPSA) is 9.23 Å². The SMILES string of the molecule is COc1c(Cl)cc(C(Br)C(F)(F)F)c(Cl)c1Cl. The van der Waals surface area contributed by atoms with Gasteiger partial charge < -0.3 is 4.74 Å². The Morgan fingerprint density at radius 3 is 2.18 bits per heavy atom. The van der Waals surface area contributed by atoms with Crippen molar-refractivity contribution in [3.63, 3.8) is 0 Å². The minimum Gasteiger partial charge on any atom is -0.494 e. The highest BCUT2D eigenvalue weighted by Crippen LogP contribution is 2.48. The molecule has 0 saturated carbocycles. The predicted molar refractivity (Wildman–Crippen MR) is 65.7 cm³/mol. The van der Waals surface area contributed by atoms with E-state index >= 15 is 0 Å². The van der Waals surface area contributed by atoms with Crippen molar-refractivity contribution in [2.45, 2.75) is 11.0 Å². The first-order valence-corrected chi connectivity index (χ1v) is 6.17. The lowest BCUT2D eigenvalue weighted by Gasteiger charge is -2.18. The molecule has 1 atom stereocenters. The van der Waals surface area contributed by atoms with Gasteiger partial charge in [0.1, 0.15) is 9.85 Å². The Hall–Kier alpha value is 0.160. The molecule has 1 aromatic carbocycles. The van der Waals surface area contributed by atoms with Gasteiger partial charge in [0.25, 0.3) is 0 Å². The van der Waals surface area contributed by atoms with Crippen molar-refractivity contribution in [2.24, 2.45) is 0 Å². The molecule has 0 spiro atoms. The van der Waals surface area contributed by atoms with Crippen molar-refractivity contribution >= 4 is 50.7 Å². The van der Waals surface area contributed by atoms with E-state index in [1.807, 2.05) is 0 Å². The van der Waals surface area contributed by atoms with Crippen molar-refractivity contribution in [1.29, 1.82) is 0 Å². The largest absolute Gasteiger partial charge is 0.494 e. The molecule has 17 heavy (non-hydrogen) atoms. The highest BCUT2D eigenvalue weighted by atomic mass is 79.9. The maximum Gasteiger partial charge on any atom is 0.405 e. The molecule has 8 heteroatoms. The number of hydrogen-bond acceptors (Lipinski definition) is 1. The van der Waals surface area contributed by atoms with Crippen molar-refractivity contribution in [3.8, 4) is 5.75 Å². The van der Waals surface area contributed by atoms with Crippen LogP contribution in [0.4, 0.5) is 13.2 Å². The van der Waals surface area contributed by atoms with Crippen LogP contribution in [0, 0.1) is 0 Å². The predicted octanol–water partition coefficient (Wildman–Crippen LogP) is 5.65. The van der Waals surface area contributed by atoms with Gasteiger partial charge in [-0.05, 0) is 11.6 Å². The number of hydrogen-bond donors (Lipinski definition) is 0. The monoisotopic (exact) mass is 370 g/mol. The number of alkyl halides is 4. The van der Waals surface area contributed by atoms with Gasteiger partial charge in [-0.25, -0.2) is 0 Å². The van der Waals surface area contributed by atoms with Gasteiger partial charge in [-0.15, -0.1) is 0 Å². The van der Waals surface area contributed by atoms with Crippen LogP contribution < -0.4 is 4.74 Å². The van der Waals surface area contributed by atoms with Crippen molar-refractivity contribution < 1.29 is 17.9 Å². The fraction of sp³-hybridized carbons (Fsp3) is 0.333. The zero-order valence-electron chi connectivity index (χ0n) is 8.21. The Labute approximate surface area is 119 Å². The summed E-state index contributed by atoms with van der Waals surface area (Å²) in [6.45, 7) is 0. The third-order valence-corrected chi connectivity index (χ3v) is 4.07. The Kier molecular flexibility index (Phi) is 4.86. The minimum absolute atomic E-state index is 0.0365. The zero-order valence-corrected chi connectivity index (χ0v) is 12.1. The molecule has 0 aromatic heterocycles. The highest BCUT2D eigenvalue weighted by Gasteiger charge is 2.40. The van der Waals surface area contributed by atoms with E-state index in [1.165, 1.54) is 7.11 Å². The van der Waals surface area contributed by atoms with Gasteiger partial charge >= 0.3 is 6.18 Å². The molecule has 0 fully saturated rings. The molecule has 0 radical (unpaired) electrons. The molecule has 1 unspecified atom stereocenters. The van der Waals surface area contributed by atoms with Gasteiger partial charge in [0.05, 0.1) is 17.2 Å². The molecule has 0 N–H and O–H groups in total. The fourth-order valence-electron chi connectivity index (χ4n) is 1.14. The molecular formula is C9H5BrCl3F3O. The lowest BCUT2D eigenvalue weighted by atomic mass is 10.1. The normalized spacial score (nSPS) is 13.6. The second kappa shape index (κ2) is 5.43. The first-order valence-electron chi connectivity index (χ1n) is 4.12. The summed E-state index contributed by atoms with van der Waals surface area (Å²) in [6, 6.07) is 1.07. The van der Waals surface area contributed by atoms with Gasteiger partial charge in [0.15, 0.2) is 5.75 Å². The van der Waals surface area contributed by atoms with Crippen LogP contribution in [0.25, 0.3) is 0 Å². The smallest absolute Gasteiger partial charge is 0.405 e. The first-order chi connectivity index (χ1) is 7.70. The number of methoxy groups -OCH3 is 1. The Balaban J connectivity index is 3.38. The van der Waals surface area contributed by atoms with E-state index in [9.17, 15) is 13.2 Å². The molecule has 96 valence electrons. The van der Waals surface area contributed by atoms with Gasteiger partial charge in [-0.3, -0.25) is 0 Å². The van der Waals surface area contributed by atoms with Gasteiger partial charge in [0.2, 0.25) is 0 Å².